The van der Waals surface area contributed by atoms with Crippen molar-refractivity contribution in [2.24, 2.45) is 0 Å². The number of unbranched alkanes of at least 4 members (excludes halogenated alkanes) is 11. The molecule has 230 valence electrons. The molecule has 0 saturated heterocycles. The van der Waals surface area contributed by atoms with Crippen LogP contribution < -0.4 is 0 Å². The van der Waals surface area contributed by atoms with Crippen LogP contribution in [0.25, 0.3) is 0 Å². The highest BCUT2D eigenvalue weighted by Crippen LogP contribution is 2.41. The van der Waals surface area contributed by atoms with Crippen LogP contribution in [0.15, 0.2) is 60.7 Å². The van der Waals surface area contributed by atoms with Crippen LogP contribution in [0.2, 0.25) is 0 Å². The van der Waals surface area contributed by atoms with Crippen LogP contribution in [0.3, 0.4) is 0 Å². The zero-order chi connectivity index (χ0) is 29.0. The van der Waals surface area contributed by atoms with Crippen molar-refractivity contribution in [3.8, 4) is 0 Å². The van der Waals surface area contributed by atoms with Crippen LogP contribution in [-0.4, -0.2) is 43.0 Å². The summed E-state index contributed by atoms with van der Waals surface area (Å²) in [5.41, 5.74) is 1.97. The van der Waals surface area contributed by atoms with Crippen LogP contribution >= 0.6 is 0 Å². The second-order valence-electron chi connectivity index (χ2n) is 12.1. The van der Waals surface area contributed by atoms with Gasteiger partial charge in [0.1, 0.15) is 11.8 Å². The highest BCUT2D eigenvalue weighted by atomic mass is 16.6. The number of hydrogen-bond donors (Lipinski definition) is 0. The molecule has 0 heterocycles. The third-order valence-corrected chi connectivity index (χ3v) is 8.72. The Kier molecular flexibility index (Phi) is 16.7. The van der Waals surface area contributed by atoms with Crippen molar-refractivity contribution in [3.05, 3.63) is 71.8 Å². The molecular formula is C37H59NO3. The molecule has 3 rings (SSSR count). The zero-order valence-corrected chi connectivity index (χ0v) is 26.5. The van der Waals surface area contributed by atoms with E-state index in [1.54, 1.807) is 0 Å². The molecule has 1 saturated carbocycles. The largest absolute Gasteiger partial charge is 0.373 e. The predicted molar refractivity (Wildman–Crippen MR) is 172 cm³/mol. The summed E-state index contributed by atoms with van der Waals surface area (Å²) in [4.78, 5) is 2.48. The molecule has 1 aliphatic rings. The van der Waals surface area contributed by atoms with Gasteiger partial charge in [-0.1, -0.05) is 145 Å². The minimum atomic E-state index is -0.456. The molecule has 0 amide bonds. The molecule has 0 bridgehead atoms. The van der Waals surface area contributed by atoms with Gasteiger partial charge in [0.2, 0.25) is 0 Å². The lowest BCUT2D eigenvalue weighted by molar-refractivity contribution is -0.211. The van der Waals surface area contributed by atoms with E-state index in [2.05, 4.69) is 86.5 Å². The van der Waals surface area contributed by atoms with Gasteiger partial charge in [-0.2, -0.15) is 0 Å². The van der Waals surface area contributed by atoms with Gasteiger partial charge in [-0.05, 0) is 31.0 Å². The molecule has 0 unspecified atom stereocenters. The second-order valence-corrected chi connectivity index (χ2v) is 12.1. The Morgan fingerprint density at radius 2 is 1.17 bits per heavy atom. The number of likely N-dealkylation sites (N-methyl/N-ethyl adjacent to an activating group) is 1. The number of nitrogens with zero attached hydrogens (tertiary/aromatic N) is 1. The van der Waals surface area contributed by atoms with Crippen molar-refractivity contribution in [2.75, 3.05) is 20.2 Å². The average molecular weight is 566 g/mol. The van der Waals surface area contributed by atoms with Crippen LogP contribution in [-0.2, 0) is 27.4 Å². The molecule has 0 radical (unpaired) electrons. The predicted octanol–water partition coefficient (Wildman–Crippen LogP) is 9.71. The van der Waals surface area contributed by atoms with Gasteiger partial charge in [0.05, 0.1) is 19.3 Å². The van der Waals surface area contributed by atoms with E-state index >= 15 is 0 Å². The Bertz CT molecular complexity index is 892. The molecule has 1 fully saturated rings. The maximum absolute atomic E-state index is 6.96. The smallest absolute Gasteiger partial charge is 0.150 e. The minimum Gasteiger partial charge on any atom is -0.373 e. The standard InChI is InChI=1S/C37H59NO3/c1-4-6-8-10-11-12-13-21-27-38(3)37(41-28-22-14-9-7-5-2)30-35(39-31-33-23-17-15-18-24-33)29-36(37)40-32-34-25-19-16-20-26-34/h15-20,23-26,35-36H,4-14,21-22,27-32H2,1-3H3/t35-,36+,37-/m1/s1. The maximum atomic E-state index is 6.96. The van der Waals surface area contributed by atoms with Crippen LogP contribution in [0, 0.1) is 0 Å². The summed E-state index contributed by atoms with van der Waals surface area (Å²) in [5, 5.41) is 0. The fraction of sp³-hybridized carbons (Fsp3) is 0.676. The van der Waals surface area contributed by atoms with Crippen LogP contribution in [0.4, 0.5) is 0 Å². The molecule has 1 aliphatic carbocycles. The molecule has 0 N–H and O–H groups in total. The first kappa shape index (κ1) is 33.8. The van der Waals surface area contributed by atoms with Gasteiger partial charge >= 0.3 is 0 Å². The highest BCUT2D eigenvalue weighted by Gasteiger charge is 2.52. The van der Waals surface area contributed by atoms with Crippen molar-refractivity contribution >= 4 is 0 Å². The minimum absolute atomic E-state index is 0.0295. The molecule has 4 nitrogen and oxygen atoms in total. The van der Waals surface area contributed by atoms with Gasteiger partial charge in [0, 0.05) is 26.0 Å². The first-order valence-electron chi connectivity index (χ1n) is 16.8. The Hall–Kier alpha value is -1.72. The lowest BCUT2D eigenvalue weighted by atomic mass is 10.1. The number of ether oxygens (including phenoxy) is 3. The lowest BCUT2D eigenvalue weighted by Crippen LogP contribution is -2.55. The van der Waals surface area contributed by atoms with Crippen molar-refractivity contribution in [1.29, 1.82) is 0 Å². The summed E-state index contributed by atoms with van der Waals surface area (Å²) in [5.74, 6) is 0. The average Bonchev–Trinajstić information content (AvgIpc) is 3.37. The molecule has 0 aromatic heterocycles. The van der Waals surface area contributed by atoms with Gasteiger partial charge < -0.3 is 14.2 Å². The van der Waals surface area contributed by atoms with Gasteiger partial charge in [-0.25, -0.2) is 0 Å². The summed E-state index contributed by atoms with van der Waals surface area (Å²) in [6.45, 7) is 7.60. The topological polar surface area (TPSA) is 30.9 Å². The van der Waals surface area contributed by atoms with Crippen LogP contribution in [0.1, 0.15) is 121 Å². The van der Waals surface area contributed by atoms with E-state index in [4.69, 9.17) is 14.2 Å². The molecule has 4 heteroatoms. The number of rotatable bonds is 23. The van der Waals surface area contributed by atoms with E-state index in [-0.39, 0.29) is 12.2 Å². The Morgan fingerprint density at radius 3 is 1.76 bits per heavy atom. The summed E-state index contributed by atoms with van der Waals surface area (Å²) >= 11 is 0. The van der Waals surface area contributed by atoms with E-state index in [1.807, 2.05) is 0 Å². The third kappa shape index (κ3) is 12.2. The maximum Gasteiger partial charge on any atom is 0.150 e. The fourth-order valence-electron chi connectivity index (χ4n) is 6.14. The van der Waals surface area contributed by atoms with Crippen molar-refractivity contribution in [2.45, 2.75) is 141 Å². The fourth-order valence-corrected chi connectivity index (χ4v) is 6.14. The monoisotopic (exact) mass is 565 g/mol. The first-order chi connectivity index (χ1) is 20.2. The Labute approximate surface area is 252 Å². The summed E-state index contributed by atoms with van der Waals surface area (Å²) < 4.78 is 20.2. The van der Waals surface area contributed by atoms with Gasteiger partial charge in [-0.3, -0.25) is 4.90 Å². The van der Waals surface area contributed by atoms with E-state index < -0.39 is 5.72 Å². The summed E-state index contributed by atoms with van der Waals surface area (Å²) in [6.07, 6.45) is 18.6. The molecule has 2 aromatic carbocycles. The van der Waals surface area contributed by atoms with E-state index in [0.717, 1.165) is 32.4 Å². The molecule has 0 spiro atoms. The Morgan fingerprint density at radius 1 is 0.659 bits per heavy atom. The van der Waals surface area contributed by atoms with E-state index in [0.29, 0.717) is 13.2 Å². The van der Waals surface area contributed by atoms with E-state index in [9.17, 15) is 0 Å². The first-order valence-corrected chi connectivity index (χ1v) is 16.8. The van der Waals surface area contributed by atoms with Gasteiger partial charge in [-0.15, -0.1) is 0 Å². The third-order valence-electron chi connectivity index (χ3n) is 8.72. The lowest BCUT2D eigenvalue weighted by Gasteiger charge is -2.43. The highest BCUT2D eigenvalue weighted by molar-refractivity contribution is 5.15. The van der Waals surface area contributed by atoms with E-state index in [1.165, 1.54) is 88.2 Å². The normalized spacial score (nSPS) is 20.7. The molecule has 0 aliphatic heterocycles. The summed E-state index contributed by atoms with van der Waals surface area (Å²) in [7, 11) is 2.26. The van der Waals surface area contributed by atoms with Crippen molar-refractivity contribution < 1.29 is 14.2 Å². The van der Waals surface area contributed by atoms with Crippen LogP contribution in [0.5, 0.6) is 0 Å². The second kappa shape index (κ2) is 20.2. The molecular weight excluding hydrogens is 506 g/mol. The number of hydrogen-bond acceptors (Lipinski definition) is 4. The zero-order valence-electron chi connectivity index (χ0n) is 26.5. The van der Waals surface area contributed by atoms with Gasteiger partial charge in [0.25, 0.3) is 0 Å². The SMILES string of the molecule is CCCCCCCCCCN(C)[C@@]1(OCCCCCCC)C[C@H](OCc2ccccc2)C[C@@H]1OCc1ccccc1. The van der Waals surface area contributed by atoms with Crippen molar-refractivity contribution in [1.82, 2.24) is 4.90 Å². The van der Waals surface area contributed by atoms with Crippen molar-refractivity contribution in [3.63, 3.8) is 0 Å². The number of benzene rings is 2. The molecule has 3 atom stereocenters. The Balaban J connectivity index is 1.66. The van der Waals surface area contributed by atoms with Gasteiger partial charge in [0.15, 0.2) is 0 Å². The molecule has 2 aromatic rings. The quantitative estimate of drug-likeness (QED) is 0.0991. The molecule has 41 heavy (non-hydrogen) atoms. The summed E-state index contributed by atoms with van der Waals surface area (Å²) in [6, 6.07) is 21.1.